The summed E-state index contributed by atoms with van der Waals surface area (Å²) in [6, 6.07) is 15.9. The predicted octanol–water partition coefficient (Wildman–Crippen LogP) is 3.95. The van der Waals surface area contributed by atoms with Crippen molar-refractivity contribution in [3.63, 3.8) is 0 Å². The van der Waals surface area contributed by atoms with Crippen LogP contribution in [0.3, 0.4) is 0 Å². The Bertz CT molecular complexity index is 518. The Morgan fingerprint density at radius 1 is 1.18 bits per heavy atom. The summed E-state index contributed by atoms with van der Waals surface area (Å²) in [5, 5.41) is 6.90. The van der Waals surface area contributed by atoms with Gasteiger partial charge in [0.1, 0.15) is 0 Å². The zero-order chi connectivity index (χ0) is 11.7. The van der Waals surface area contributed by atoms with E-state index in [0.29, 0.717) is 11.4 Å². The molecule has 0 aromatic heterocycles. The Balaban J connectivity index is 2.00. The summed E-state index contributed by atoms with van der Waals surface area (Å²) in [6.07, 6.45) is 1.22. The van der Waals surface area contributed by atoms with Crippen LogP contribution in [-0.4, -0.2) is 11.8 Å². The fourth-order valence-electron chi connectivity index (χ4n) is 2.42. The summed E-state index contributed by atoms with van der Waals surface area (Å²) in [4.78, 5) is 0. The molecular formula is C15H17NS. The van der Waals surface area contributed by atoms with E-state index in [-0.39, 0.29) is 0 Å². The van der Waals surface area contributed by atoms with Crippen molar-refractivity contribution in [2.45, 2.75) is 24.8 Å². The van der Waals surface area contributed by atoms with Crippen LogP contribution in [0.1, 0.15) is 24.3 Å². The second-order valence-electron chi connectivity index (χ2n) is 4.55. The van der Waals surface area contributed by atoms with Gasteiger partial charge in [-0.1, -0.05) is 49.4 Å². The predicted molar refractivity (Wildman–Crippen MR) is 76.4 cm³/mol. The lowest BCUT2D eigenvalue weighted by Crippen LogP contribution is -2.24. The summed E-state index contributed by atoms with van der Waals surface area (Å²) < 4.78 is 0. The summed E-state index contributed by atoms with van der Waals surface area (Å²) in [5.74, 6) is 1.23. The van der Waals surface area contributed by atoms with Gasteiger partial charge in [-0.3, -0.25) is 5.32 Å². The fraction of sp³-hybridized carbons (Fsp3) is 0.333. The van der Waals surface area contributed by atoms with Crippen molar-refractivity contribution in [2.24, 2.45) is 0 Å². The van der Waals surface area contributed by atoms with Crippen LogP contribution in [0, 0.1) is 0 Å². The highest BCUT2D eigenvalue weighted by molar-refractivity contribution is 7.99. The smallest absolute Gasteiger partial charge is 0.0798 e. The molecule has 0 saturated carbocycles. The highest BCUT2D eigenvalue weighted by atomic mass is 32.2. The highest BCUT2D eigenvalue weighted by Crippen LogP contribution is 2.36. The molecule has 0 amide bonds. The average molecular weight is 243 g/mol. The lowest BCUT2D eigenvalue weighted by molar-refractivity contribution is 0.563. The highest BCUT2D eigenvalue weighted by Gasteiger charge is 2.25. The first-order chi connectivity index (χ1) is 8.38. The van der Waals surface area contributed by atoms with Crippen molar-refractivity contribution in [1.29, 1.82) is 0 Å². The Morgan fingerprint density at radius 2 is 2.00 bits per heavy atom. The van der Waals surface area contributed by atoms with Crippen LogP contribution in [0.4, 0.5) is 0 Å². The molecule has 1 fully saturated rings. The number of rotatable bonds is 2. The van der Waals surface area contributed by atoms with Crippen molar-refractivity contribution < 1.29 is 0 Å². The van der Waals surface area contributed by atoms with Crippen LogP contribution < -0.4 is 5.32 Å². The number of hydrogen-bond donors (Lipinski definition) is 1. The third-order valence-corrected chi connectivity index (χ3v) is 4.77. The molecule has 0 radical (unpaired) electrons. The molecule has 2 unspecified atom stereocenters. The van der Waals surface area contributed by atoms with Crippen molar-refractivity contribution in [1.82, 2.24) is 5.32 Å². The van der Waals surface area contributed by atoms with E-state index in [1.54, 1.807) is 0 Å². The number of thioether (sulfide) groups is 1. The fourth-order valence-corrected chi connectivity index (χ4v) is 3.85. The van der Waals surface area contributed by atoms with Crippen molar-refractivity contribution in [2.75, 3.05) is 5.75 Å². The van der Waals surface area contributed by atoms with Crippen LogP contribution in [0.5, 0.6) is 0 Å². The minimum Gasteiger partial charge on any atom is -0.298 e. The van der Waals surface area contributed by atoms with E-state index in [2.05, 4.69) is 54.7 Å². The molecule has 1 nitrogen and oxygen atoms in total. The lowest BCUT2D eigenvalue weighted by Gasteiger charge is -2.14. The van der Waals surface area contributed by atoms with Crippen LogP contribution >= 0.6 is 11.8 Å². The molecule has 2 aromatic carbocycles. The maximum Gasteiger partial charge on any atom is 0.0798 e. The molecule has 1 saturated heterocycles. The molecule has 0 bridgehead atoms. The van der Waals surface area contributed by atoms with Gasteiger partial charge >= 0.3 is 0 Å². The minimum absolute atomic E-state index is 0.464. The number of hydrogen-bond acceptors (Lipinski definition) is 2. The summed E-state index contributed by atoms with van der Waals surface area (Å²) in [7, 11) is 0. The molecule has 1 N–H and O–H groups in total. The molecule has 2 aromatic rings. The minimum atomic E-state index is 0.464. The second kappa shape index (κ2) is 4.71. The van der Waals surface area contributed by atoms with E-state index in [0.717, 1.165) is 0 Å². The molecule has 1 aliphatic heterocycles. The Morgan fingerprint density at radius 3 is 2.82 bits per heavy atom. The first-order valence-electron chi connectivity index (χ1n) is 6.24. The molecule has 3 rings (SSSR count). The van der Waals surface area contributed by atoms with Gasteiger partial charge in [-0.2, -0.15) is 0 Å². The molecule has 17 heavy (non-hydrogen) atoms. The zero-order valence-corrected chi connectivity index (χ0v) is 10.8. The molecule has 2 heteroatoms. The number of nitrogens with one attached hydrogen (secondary N) is 1. The van der Waals surface area contributed by atoms with Gasteiger partial charge in [0.2, 0.25) is 0 Å². The van der Waals surface area contributed by atoms with Crippen LogP contribution in [-0.2, 0) is 0 Å². The summed E-state index contributed by atoms with van der Waals surface area (Å²) >= 11 is 2.03. The topological polar surface area (TPSA) is 12.0 Å². The molecule has 0 aliphatic carbocycles. The first kappa shape index (κ1) is 11.1. The number of benzene rings is 2. The molecule has 2 atom stereocenters. The number of fused-ring (bicyclic) bond motifs is 1. The normalized spacial score (nSPS) is 24.3. The zero-order valence-electron chi connectivity index (χ0n) is 10.0. The van der Waals surface area contributed by atoms with Gasteiger partial charge in [0.05, 0.1) is 5.37 Å². The van der Waals surface area contributed by atoms with E-state index in [4.69, 9.17) is 0 Å². The van der Waals surface area contributed by atoms with Gasteiger partial charge in [-0.05, 0) is 22.8 Å². The maximum atomic E-state index is 3.71. The van der Waals surface area contributed by atoms with Gasteiger partial charge in [0.15, 0.2) is 0 Å². The van der Waals surface area contributed by atoms with Gasteiger partial charge < -0.3 is 0 Å². The first-order valence-corrected chi connectivity index (χ1v) is 7.28. The Labute approximate surface area is 107 Å². The third-order valence-electron chi connectivity index (χ3n) is 3.45. The largest absolute Gasteiger partial charge is 0.298 e. The van der Waals surface area contributed by atoms with E-state index in [1.807, 2.05) is 11.8 Å². The second-order valence-corrected chi connectivity index (χ2v) is 5.69. The van der Waals surface area contributed by atoms with Crippen LogP contribution in [0.2, 0.25) is 0 Å². The van der Waals surface area contributed by atoms with Gasteiger partial charge in [-0.15, -0.1) is 11.8 Å². The Hall–Kier alpha value is -0.990. The molecule has 0 spiro atoms. The molecule has 1 aliphatic rings. The van der Waals surface area contributed by atoms with E-state index in [1.165, 1.54) is 28.5 Å². The van der Waals surface area contributed by atoms with Gasteiger partial charge in [0, 0.05) is 11.8 Å². The van der Waals surface area contributed by atoms with Gasteiger partial charge in [0.25, 0.3) is 0 Å². The van der Waals surface area contributed by atoms with E-state index in [9.17, 15) is 0 Å². The molecule has 88 valence electrons. The summed E-state index contributed by atoms with van der Waals surface area (Å²) in [5.41, 5.74) is 1.43. The third kappa shape index (κ3) is 2.07. The van der Waals surface area contributed by atoms with Crippen LogP contribution in [0.25, 0.3) is 10.8 Å². The Kier molecular flexibility index (Phi) is 3.08. The van der Waals surface area contributed by atoms with Crippen molar-refractivity contribution >= 4 is 22.5 Å². The van der Waals surface area contributed by atoms with Gasteiger partial charge in [-0.25, -0.2) is 0 Å². The average Bonchev–Trinajstić information content (AvgIpc) is 2.87. The standard InChI is InChI=1S/C15H17NS/c1-2-12-10-17-15(16-12)14-9-5-7-11-6-3-4-8-13(11)14/h3-9,12,15-16H,2,10H2,1H3. The van der Waals surface area contributed by atoms with Crippen molar-refractivity contribution in [3.8, 4) is 0 Å². The lowest BCUT2D eigenvalue weighted by atomic mass is 10.0. The van der Waals surface area contributed by atoms with E-state index >= 15 is 0 Å². The SMILES string of the molecule is CCC1CSC(c2cccc3ccccc23)N1. The van der Waals surface area contributed by atoms with Crippen molar-refractivity contribution in [3.05, 3.63) is 48.0 Å². The van der Waals surface area contributed by atoms with E-state index < -0.39 is 0 Å². The quantitative estimate of drug-likeness (QED) is 0.857. The molecular weight excluding hydrogens is 226 g/mol. The molecule has 1 heterocycles. The monoisotopic (exact) mass is 243 g/mol. The summed E-state index contributed by atoms with van der Waals surface area (Å²) in [6.45, 7) is 2.25. The van der Waals surface area contributed by atoms with Crippen LogP contribution in [0.15, 0.2) is 42.5 Å². The maximum absolute atomic E-state index is 3.71.